The van der Waals surface area contributed by atoms with Crippen LogP contribution in [-0.2, 0) is 13.5 Å². The van der Waals surface area contributed by atoms with Gasteiger partial charge in [-0.05, 0) is 49.7 Å². The predicted octanol–water partition coefficient (Wildman–Crippen LogP) is 4.54. The highest BCUT2D eigenvalue weighted by Gasteiger charge is 2.23. The Balaban J connectivity index is 1.41. The fourth-order valence-electron chi connectivity index (χ4n) is 4.48. The van der Waals surface area contributed by atoms with Crippen molar-refractivity contribution in [2.75, 3.05) is 0 Å². The number of carbonyl (C=O) groups excluding carboxylic acids is 1. The number of hydrogen-bond donors (Lipinski definition) is 1. The standard InChI is InChI=1S/C28H25FN4O4/c1-17-26(28(36)33(31(17)3)20-7-5-4-6-8-20)23(35)16-19-9-10-24(22(29)15-19)37-25-11-13-30-32-14-12-21(18(2)34)27(25)32/h4-15,18,34H,16H2,1-3H3. The van der Waals surface area contributed by atoms with E-state index >= 15 is 4.39 Å². The number of hydrogen-bond acceptors (Lipinski definition) is 5. The van der Waals surface area contributed by atoms with Gasteiger partial charge in [0.05, 0.1) is 18.0 Å². The zero-order valence-corrected chi connectivity index (χ0v) is 20.6. The fourth-order valence-corrected chi connectivity index (χ4v) is 4.48. The van der Waals surface area contributed by atoms with Crippen LogP contribution in [0.5, 0.6) is 11.5 Å². The predicted molar refractivity (Wildman–Crippen MR) is 136 cm³/mol. The normalized spacial score (nSPS) is 12.1. The first-order chi connectivity index (χ1) is 17.8. The summed E-state index contributed by atoms with van der Waals surface area (Å²) in [4.78, 5) is 26.3. The summed E-state index contributed by atoms with van der Waals surface area (Å²) >= 11 is 0. The van der Waals surface area contributed by atoms with E-state index in [9.17, 15) is 14.7 Å². The van der Waals surface area contributed by atoms with E-state index in [1.165, 1.54) is 23.0 Å². The molecule has 5 rings (SSSR count). The van der Waals surface area contributed by atoms with Crippen molar-refractivity contribution in [2.24, 2.45) is 7.05 Å². The highest BCUT2D eigenvalue weighted by atomic mass is 19.1. The van der Waals surface area contributed by atoms with Crippen LogP contribution in [0.1, 0.15) is 40.2 Å². The van der Waals surface area contributed by atoms with Crippen LogP contribution in [0.15, 0.2) is 77.9 Å². The van der Waals surface area contributed by atoms with Crippen LogP contribution in [0.25, 0.3) is 11.2 Å². The first-order valence-corrected chi connectivity index (χ1v) is 11.7. The molecule has 0 bridgehead atoms. The molecule has 188 valence electrons. The lowest BCUT2D eigenvalue weighted by molar-refractivity contribution is 0.0991. The molecule has 0 aliphatic carbocycles. The molecule has 3 heterocycles. The number of Topliss-reactive ketones (excluding diaryl/α,β-unsaturated/α-hetero) is 1. The number of para-hydroxylation sites is 1. The zero-order chi connectivity index (χ0) is 26.3. The van der Waals surface area contributed by atoms with Gasteiger partial charge in [-0.2, -0.15) is 5.10 Å². The van der Waals surface area contributed by atoms with Gasteiger partial charge in [-0.25, -0.2) is 13.6 Å². The van der Waals surface area contributed by atoms with Gasteiger partial charge in [0.15, 0.2) is 23.1 Å². The fraction of sp³-hybridized carbons (Fsp3) is 0.179. The first-order valence-electron chi connectivity index (χ1n) is 11.7. The second kappa shape index (κ2) is 9.51. The minimum Gasteiger partial charge on any atom is -0.452 e. The molecule has 9 heteroatoms. The van der Waals surface area contributed by atoms with E-state index in [2.05, 4.69) is 5.10 Å². The van der Waals surface area contributed by atoms with Crippen LogP contribution >= 0.6 is 0 Å². The van der Waals surface area contributed by atoms with Crippen molar-refractivity contribution >= 4 is 11.3 Å². The van der Waals surface area contributed by atoms with Gasteiger partial charge in [0.25, 0.3) is 5.56 Å². The highest BCUT2D eigenvalue weighted by molar-refractivity contribution is 5.98. The van der Waals surface area contributed by atoms with Gasteiger partial charge in [-0.15, -0.1) is 0 Å². The summed E-state index contributed by atoms with van der Waals surface area (Å²) in [6, 6.07) is 16.6. The number of carbonyl (C=O) groups is 1. The third-order valence-corrected chi connectivity index (χ3v) is 6.41. The summed E-state index contributed by atoms with van der Waals surface area (Å²) < 4.78 is 25.5. The van der Waals surface area contributed by atoms with Crippen molar-refractivity contribution in [3.8, 4) is 17.2 Å². The molecule has 3 aromatic heterocycles. The van der Waals surface area contributed by atoms with Crippen molar-refractivity contribution in [2.45, 2.75) is 26.4 Å². The monoisotopic (exact) mass is 500 g/mol. The molecular formula is C28H25FN4O4. The lowest BCUT2D eigenvalue weighted by Crippen LogP contribution is -2.23. The Kier molecular flexibility index (Phi) is 6.22. The maximum Gasteiger partial charge on any atom is 0.282 e. The maximum absolute atomic E-state index is 15.0. The van der Waals surface area contributed by atoms with Crippen LogP contribution in [0.4, 0.5) is 4.39 Å². The third kappa shape index (κ3) is 4.34. The Morgan fingerprint density at radius 1 is 1.11 bits per heavy atom. The van der Waals surface area contributed by atoms with Gasteiger partial charge in [-0.1, -0.05) is 24.3 Å². The number of aromatic nitrogens is 4. The summed E-state index contributed by atoms with van der Waals surface area (Å²) in [7, 11) is 1.72. The Morgan fingerprint density at radius 3 is 2.57 bits per heavy atom. The molecule has 0 saturated carbocycles. The van der Waals surface area contributed by atoms with Gasteiger partial charge in [-0.3, -0.25) is 14.3 Å². The molecule has 5 aromatic rings. The van der Waals surface area contributed by atoms with E-state index in [0.29, 0.717) is 33.8 Å². The van der Waals surface area contributed by atoms with Gasteiger partial charge < -0.3 is 9.84 Å². The number of aliphatic hydroxyl groups excluding tert-OH is 1. The van der Waals surface area contributed by atoms with E-state index in [-0.39, 0.29) is 17.7 Å². The molecular weight excluding hydrogens is 475 g/mol. The first kappa shape index (κ1) is 24.2. The molecule has 1 N–H and O–H groups in total. The van der Waals surface area contributed by atoms with E-state index in [1.54, 1.807) is 66.6 Å². The topological polar surface area (TPSA) is 90.8 Å². The maximum atomic E-state index is 15.0. The number of fused-ring (bicyclic) bond motifs is 1. The Bertz CT molecular complexity index is 1680. The molecule has 0 aliphatic heterocycles. The highest BCUT2D eigenvalue weighted by Crippen LogP contribution is 2.32. The number of halogens is 1. The summed E-state index contributed by atoms with van der Waals surface area (Å²) in [5.41, 5.74) is 2.38. The molecule has 0 fully saturated rings. The summed E-state index contributed by atoms with van der Waals surface area (Å²) in [6.45, 7) is 3.34. The van der Waals surface area contributed by atoms with Crippen LogP contribution in [0, 0.1) is 12.7 Å². The van der Waals surface area contributed by atoms with E-state index in [4.69, 9.17) is 4.74 Å². The number of nitrogens with zero attached hydrogens (tertiary/aromatic N) is 4. The molecule has 0 spiro atoms. The van der Waals surface area contributed by atoms with Crippen LogP contribution < -0.4 is 10.3 Å². The minimum atomic E-state index is -0.761. The number of rotatable bonds is 7. The van der Waals surface area contributed by atoms with Crippen molar-refractivity contribution in [1.29, 1.82) is 0 Å². The minimum absolute atomic E-state index is 0.0376. The zero-order valence-electron chi connectivity index (χ0n) is 20.6. The van der Waals surface area contributed by atoms with Crippen molar-refractivity contribution in [3.63, 3.8) is 0 Å². The number of ketones is 1. The SMILES string of the molecule is Cc1c(C(=O)Cc2ccc(Oc3ccnn4ccc(C(C)O)c34)c(F)c2)c(=O)n(-c2ccccc2)n1C. The Labute approximate surface area is 211 Å². The average Bonchev–Trinajstić information content (AvgIpc) is 3.41. The molecule has 1 atom stereocenters. The molecule has 1 unspecified atom stereocenters. The van der Waals surface area contributed by atoms with Crippen molar-refractivity contribution in [3.05, 3.63) is 112 Å². The molecule has 0 amide bonds. The number of benzene rings is 2. The van der Waals surface area contributed by atoms with Crippen LogP contribution in [0.2, 0.25) is 0 Å². The molecule has 0 radical (unpaired) electrons. The van der Waals surface area contributed by atoms with Gasteiger partial charge >= 0.3 is 0 Å². The van der Waals surface area contributed by atoms with Gasteiger partial charge in [0.1, 0.15) is 11.1 Å². The second-order valence-corrected chi connectivity index (χ2v) is 8.84. The van der Waals surface area contributed by atoms with E-state index in [0.717, 1.165) is 0 Å². The molecule has 0 saturated heterocycles. The average molecular weight is 501 g/mol. The van der Waals surface area contributed by atoms with Gasteiger partial charge in [0.2, 0.25) is 0 Å². The van der Waals surface area contributed by atoms with Gasteiger partial charge in [0, 0.05) is 37.0 Å². The lowest BCUT2D eigenvalue weighted by atomic mass is 10.0. The summed E-state index contributed by atoms with van der Waals surface area (Å²) in [5, 5.41) is 14.3. The largest absolute Gasteiger partial charge is 0.452 e. The number of ether oxygens (including phenoxy) is 1. The molecule has 2 aromatic carbocycles. The summed E-state index contributed by atoms with van der Waals surface area (Å²) in [5.74, 6) is -0.757. The van der Waals surface area contributed by atoms with Crippen LogP contribution in [-0.4, -0.2) is 29.9 Å². The molecule has 8 nitrogen and oxygen atoms in total. The van der Waals surface area contributed by atoms with E-state index < -0.39 is 23.3 Å². The molecule has 0 aliphatic rings. The van der Waals surface area contributed by atoms with Crippen LogP contribution in [0.3, 0.4) is 0 Å². The van der Waals surface area contributed by atoms with E-state index in [1.807, 2.05) is 18.2 Å². The summed E-state index contributed by atoms with van der Waals surface area (Å²) in [6.07, 6.45) is 2.30. The van der Waals surface area contributed by atoms with Crippen molar-refractivity contribution in [1.82, 2.24) is 19.0 Å². The second-order valence-electron chi connectivity index (χ2n) is 8.84. The smallest absolute Gasteiger partial charge is 0.282 e. The Hall–Kier alpha value is -4.50. The third-order valence-electron chi connectivity index (χ3n) is 6.41. The van der Waals surface area contributed by atoms with Crippen molar-refractivity contribution < 1.29 is 19.0 Å². The quantitative estimate of drug-likeness (QED) is 0.331. The number of aliphatic hydroxyl groups is 1. The lowest BCUT2D eigenvalue weighted by Gasteiger charge is -2.11. The molecule has 37 heavy (non-hydrogen) atoms. The Morgan fingerprint density at radius 2 is 1.86 bits per heavy atom.